The van der Waals surface area contributed by atoms with Crippen LogP contribution in [0.15, 0.2) is 30.3 Å². The molecule has 0 N–H and O–H groups in total. The van der Waals surface area contributed by atoms with Gasteiger partial charge >= 0.3 is 5.97 Å². The van der Waals surface area contributed by atoms with Gasteiger partial charge in [0.1, 0.15) is 8.07 Å². The SMILES string of the molecule is COC(=O)c1nc(-c2ccc(C#C[Si](C)(C)C)cc2Cl)ccc1Cl. The first-order valence-electron chi connectivity index (χ1n) is 7.29. The van der Waals surface area contributed by atoms with Gasteiger partial charge in [-0.25, -0.2) is 9.78 Å². The van der Waals surface area contributed by atoms with Crippen LogP contribution in [0, 0.1) is 11.5 Å². The number of carbonyl (C=O) groups is 1. The van der Waals surface area contributed by atoms with E-state index in [1.807, 2.05) is 12.1 Å². The highest BCUT2D eigenvalue weighted by Crippen LogP contribution is 2.29. The second-order valence-electron chi connectivity index (χ2n) is 6.21. The minimum absolute atomic E-state index is 0.0651. The standard InChI is InChI=1S/C18H17Cl2NO2Si/c1-23-18(22)17-14(19)7-8-16(21-17)13-6-5-12(11-15(13)20)9-10-24(2,3)4/h5-8,11H,1-4H3. The van der Waals surface area contributed by atoms with Crippen molar-refractivity contribution in [1.29, 1.82) is 0 Å². The topological polar surface area (TPSA) is 39.2 Å². The maximum atomic E-state index is 11.7. The lowest BCUT2D eigenvalue weighted by Gasteiger charge is -2.08. The summed E-state index contributed by atoms with van der Waals surface area (Å²) in [6, 6.07) is 8.85. The molecule has 3 nitrogen and oxygen atoms in total. The van der Waals surface area contributed by atoms with Crippen molar-refractivity contribution in [2.24, 2.45) is 0 Å². The Balaban J connectivity index is 2.43. The maximum Gasteiger partial charge on any atom is 0.358 e. The second-order valence-corrected chi connectivity index (χ2v) is 11.8. The molecule has 1 heterocycles. The number of aromatic nitrogens is 1. The van der Waals surface area contributed by atoms with Crippen LogP contribution in [0.5, 0.6) is 0 Å². The summed E-state index contributed by atoms with van der Waals surface area (Å²) in [6.07, 6.45) is 0. The lowest BCUT2D eigenvalue weighted by molar-refractivity contribution is 0.0594. The Bertz CT molecular complexity index is 848. The molecule has 6 heteroatoms. The molecule has 1 aromatic carbocycles. The van der Waals surface area contributed by atoms with Gasteiger partial charge in [-0.1, -0.05) is 54.8 Å². The summed E-state index contributed by atoms with van der Waals surface area (Å²) >= 11 is 12.4. The molecular formula is C18H17Cl2NO2Si. The van der Waals surface area contributed by atoms with Crippen molar-refractivity contribution >= 4 is 37.2 Å². The monoisotopic (exact) mass is 377 g/mol. The largest absolute Gasteiger partial charge is 0.464 e. The summed E-state index contributed by atoms with van der Waals surface area (Å²) in [6.45, 7) is 6.55. The molecule has 0 aliphatic carbocycles. The molecule has 0 unspecified atom stereocenters. The summed E-state index contributed by atoms with van der Waals surface area (Å²) < 4.78 is 4.69. The maximum absolute atomic E-state index is 11.7. The van der Waals surface area contributed by atoms with Gasteiger partial charge in [0.25, 0.3) is 0 Å². The molecule has 0 atom stereocenters. The number of hydrogen-bond donors (Lipinski definition) is 0. The number of rotatable bonds is 2. The van der Waals surface area contributed by atoms with Crippen LogP contribution in [0.2, 0.25) is 29.7 Å². The lowest BCUT2D eigenvalue weighted by Crippen LogP contribution is -2.16. The molecule has 0 saturated carbocycles. The molecule has 0 aliphatic heterocycles. The first-order valence-corrected chi connectivity index (χ1v) is 11.5. The quantitative estimate of drug-likeness (QED) is 0.416. The van der Waals surface area contributed by atoms with E-state index in [9.17, 15) is 4.79 Å². The smallest absolute Gasteiger partial charge is 0.358 e. The Kier molecular flexibility index (Phi) is 5.71. The van der Waals surface area contributed by atoms with Gasteiger partial charge in [-0.05, 0) is 24.3 Å². The zero-order chi connectivity index (χ0) is 17.9. The average molecular weight is 378 g/mol. The van der Waals surface area contributed by atoms with E-state index in [0.29, 0.717) is 16.3 Å². The number of pyridine rings is 1. The van der Waals surface area contributed by atoms with Crippen LogP contribution in [0.3, 0.4) is 0 Å². The second kappa shape index (κ2) is 7.39. The molecule has 0 fully saturated rings. The van der Waals surface area contributed by atoms with Gasteiger partial charge in [0.05, 0.1) is 22.8 Å². The third kappa shape index (κ3) is 4.61. The van der Waals surface area contributed by atoms with E-state index in [2.05, 4.69) is 40.8 Å². The third-order valence-corrected chi connectivity index (χ3v) is 4.54. The van der Waals surface area contributed by atoms with Crippen LogP contribution < -0.4 is 0 Å². The Morgan fingerprint density at radius 1 is 1.12 bits per heavy atom. The molecular weight excluding hydrogens is 361 g/mol. The summed E-state index contributed by atoms with van der Waals surface area (Å²) in [5.41, 5.74) is 5.48. The van der Waals surface area contributed by atoms with Gasteiger partial charge in [-0.15, -0.1) is 5.54 Å². The highest BCUT2D eigenvalue weighted by molar-refractivity contribution is 6.83. The molecule has 124 valence electrons. The molecule has 0 bridgehead atoms. The van der Waals surface area contributed by atoms with Gasteiger partial charge in [0.2, 0.25) is 0 Å². The van der Waals surface area contributed by atoms with Gasteiger partial charge in [-0.3, -0.25) is 0 Å². The zero-order valence-electron chi connectivity index (χ0n) is 13.9. The van der Waals surface area contributed by atoms with E-state index in [-0.39, 0.29) is 10.7 Å². The van der Waals surface area contributed by atoms with Crippen LogP contribution in [0.25, 0.3) is 11.3 Å². The van der Waals surface area contributed by atoms with Gasteiger partial charge < -0.3 is 4.74 Å². The van der Waals surface area contributed by atoms with Crippen LogP contribution in [0.4, 0.5) is 0 Å². The molecule has 0 radical (unpaired) electrons. The van der Waals surface area contributed by atoms with Crippen LogP contribution >= 0.6 is 23.2 Å². The highest BCUT2D eigenvalue weighted by Gasteiger charge is 2.15. The fourth-order valence-electron chi connectivity index (χ4n) is 1.89. The van der Waals surface area contributed by atoms with Gasteiger partial charge in [0, 0.05) is 11.1 Å². The summed E-state index contributed by atoms with van der Waals surface area (Å²) in [4.78, 5) is 16.0. The molecule has 0 spiro atoms. The van der Waals surface area contributed by atoms with Crippen molar-refractivity contribution in [3.8, 4) is 22.7 Å². The fraction of sp³-hybridized carbons (Fsp3) is 0.222. The van der Waals surface area contributed by atoms with Crippen LogP contribution in [0.1, 0.15) is 16.1 Å². The van der Waals surface area contributed by atoms with Crippen LogP contribution in [-0.2, 0) is 4.74 Å². The summed E-state index contributed by atoms with van der Waals surface area (Å²) in [7, 11) is -0.164. The Morgan fingerprint density at radius 3 is 2.42 bits per heavy atom. The number of benzene rings is 1. The normalized spacial score (nSPS) is 10.8. The minimum atomic E-state index is -1.45. The Morgan fingerprint density at radius 2 is 1.83 bits per heavy atom. The number of carbonyl (C=O) groups excluding carboxylic acids is 1. The number of hydrogen-bond acceptors (Lipinski definition) is 3. The van der Waals surface area contributed by atoms with E-state index >= 15 is 0 Å². The fourth-order valence-corrected chi connectivity index (χ4v) is 2.87. The molecule has 24 heavy (non-hydrogen) atoms. The van der Waals surface area contributed by atoms with E-state index in [0.717, 1.165) is 5.56 Å². The average Bonchev–Trinajstić information content (AvgIpc) is 2.52. The molecule has 1 aromatic heterocycles. The third-order valence-electron chi connectivity index (χ3n) is 3.05. The minimum Gasteiger partial charge on any atom is -0.464 e. The summed E-state index contributed by atoms with van der Waals surface area (Å²) in [5.74, 6) is 2.58. The number of esters is 1. The number of methoxy groups -OCH3 is 1. The number of ether oxygens (including phenoxy) is 1. The number of nitrogens with zero attached hydrogens (tertiary/aromatic N) is 1. The number of halogens is 2. The van der Waals surface area contributed by atoms with Gasteiger partial charge in [0.15, 0.2) is 5.69 Å². The van der Waals surface area contributed by atoms with Crippen molar-refractivity contribution in [3.63, 3.8) is 0 Å². The first-order chi connectivity index (χ1) is 11.2. The summed E-state index contributed by atoms with van der Waals surface area (Å²) in [5, 5.41) is 0.752. The first kappa shape index (κ1) is 18.5. The predicted molar refractivity (Wildman–Crippen MR) is 101 cm³/mol. The van der Waals surface area contributed by atoms with Crippen LogP contribution in [-0.4, -0.2) is 26.1 Å². The molecule has 0 amide bonds. The van der Waals surface area contributed by atoms with E-state index in [1.54, 1.807) is 18.2 Å². The molecule has 0 saturated heterocycles. The highest BCUT2D eigenvalue weighted by atomic mass is 35.5. The Labute approximate surface area is 153 Å². The zero-order valence-corrected chi connectivity index (χ0v) is 16.4. The molecule has 2 rings (SSSR count). The van der Waals surface area contributed by atoms with Crippen molar-refractivity contribution in [1.82, 2.24) is 4.98 Å². The van der Waals surface area contributed by atoms with Crippen molar-refractivity contribution < 1.29 is 9.53 Å². The van der Waals surface area contributed by atoms with Crippen molar-refractivity contribution in [2.75, 3.05) is 7.11 Å². The molecule has 0 aliphatic rings. The lowest BCUT2D eigenvalue weighted by atomic mass is 10.1. The molecule has 2 aromatic rings. The Hall–Kier alpha value is -1.80. The van der Waals surface area contributed by atoms with E-state index in [4.69, 9.17) is 23.2 Å². The van der Waals surface area contributed by atoms with Crippen molar-refractivity contribution in [2.45, 2.75) is 19.6 Å². The van der Waals surface area contributed by atoms with Gasteiger partial charge in [-0.2, -0.15) is 0 Å². The van der Waals surface area contributed by atoms with Crippen molar-refractivity contribution in [3.05, 3.63) is 51.6 Å². The predicted octanol–water partition coefficient (Wildman–Crippen LogP) is 5.07. The van der Waals surface area contributed by atoms with E-state index in [1.165, 1.54) is 7.11 Å². The van der Waals surface area contributed by atoms with E-state index < -0.39 is 14.0 Å².